The van der Waals surface area contributed by atoms with Gasteiger partial charge in [0.15, 0.2) is 11.6 Å². The molecule has 94 valence electrons. The van der Waals surface area contributed by atoms with Crippen LogP contribution in [0.1, 0.15) is 38.3 Å². The maximum absolute atomic E-state index is 13.2. The highest BCUT2D eigenvalue weighted by Gasteiger charge is 2.13. The normalized spacial score (nSPS) is 12.5. The largest absolute Gasteiger partial charge is 0.310 e. The summed E-state index contributed by atoms with van der Waals surface area (Å²) in [6, 6.07) is 4.05. The molecule has 0 radical (unpaired) electrons. The molecular weight excluding hydrogens is 220 g/mol. The molecule has 3 heteroatoms. The summed E-state index contributed by atoms with van der Waals surface area (Å²) >= 11 is 0. The van der Waals surface area contributed by atoms with Crippen molar-refractivity contribution >= 4 is 0 Å². The molecule has 17 heavy (non-hydrogen) atoms. The van der Waals surface area contributed by atoms with Gasteiger partial charge in [-0.25, -0.2) is 8.78 Å². The number of benzene rings is 1. The van der Waals surface area contributed by atoms with E-state index >= 15 is 0 Å². The summed E-state index contributed by atoms with van der Waals surface area (Å²) in [6.45, 7) is 8.70. The van der Waals surface area contributed by atoms with Crippen LogP contribution in [0.2, 0.25) is 0 Å². The van der Waals surface area contributed by atoms with Gasteiger partial charge in [-0.1, -0.05) is 18.6 Å². The van der Waals surface area contributed by atoms with Gasteiger partial charge in [0.1, 0.15) is 0 Å². The lowest BCUT2D eigenvalue weighted by Crippen LogP contribution is -2.22. The molecule has 0 heterocycles. The predicted molar refractivity (Wildman–Crippen MR) is 66.8 cm³/mol. The van der Waals surface area contributed by atoms with Gasteiger partial charge in [0, 0.05) is 6.04 Å². The van der Waals surface area contributed by atoms with E-state index in [4.69, 9.17) is 0 Å². The summed E-state index contributed by atoms with van der Waals surface area (Å²) in [5, 5.41) is 3.31. The highest BCUT2D eigenvalue weighted by molar-refractivity contribution is 5.22. The van der Waals surface area contributed by atoms with Crippen molar-refractivity contribution < 1.29 is 8.78 Å². The Balaban J connectivity index is 2.86. The van der Waals surface area contributed by atoms with Crippen LogP contribution in [0.5, 0.6) is 0 Å². The minimum absolute atomic E-state index is 0.00236. The third-order valence-corrected chi connectivity index (χ3v) is 2.54. The monoisotopic (exact) mass is 239 g/mol. The third kappa shape index (κ3) is 4.27. The zero-order valence-electron chi connectivity index (χ0n) is 10.4. The van der Waals surface area contributed by atoms with Crippen molar-refractivity contribution in [3.63, 3.8) is 0 Å². The second-order valence-corrected chi connectivity index (χ2v) is 4.34. The highest BCUT2D eigenvalue weighted by atomic mass is 19.2. The molecule has 0 spiro atoms. The Bertz CT molecular complexity index is 388. The van der Waals surface area contributed by atoms with Crippen molar-refractivity contribution in [3.05, 3.63) is 47.5 Å². The lowest BCUT2D eigenvalue weighted by Gasteiger charge is -2.19. The van der Waals surface area contributed by atoms with E-state index in [1.165, 1.54) is 12.1 Å². The topological polar surface area (TPSA) is 12.0 Å². The van der Waals surface area contributed by atoms with Gasteiger partial charge < -0.3 is 5.32 Å². The van der Waals surface area contributed by atoms with E-state index in [0.29, 0.717) is 0 Å². The average molecular weight is 239 g/mol. The first kappa shape index (κ1) is 13.8. The smallest absolute Gasteiger partial charge is 0.159 e. The Morgan fingerprint density at radius 1 is 1.35 bits per heavy atom. The molecule has 0 saturated heterocycles. The van der Waals surface area contributed by atoms with E-state index in [9.17, 15) is 8.78 Å². The van der Waals surface area contributed by atoms with Crippen LogP contribution < -0.4 is 5.32 Å². The van der Waals surface area contributed by atoms with E-state index in [2.05, 4.69) is 18.8 Å². The van der Waals surface area contributed by atoms with Gasteiger partial charge in [-0.05, 0) is 44.0 Å². The molecule has 0 amide bonds. The molecule has 1 aromatic carbocycles. The van der Waals surface area contributed by atoms with Gasteiger partial charge in [-0.15, -0.1) is 6.58 Å². The lowest BCUT2D eigenvalue weighted by atomic mass is 10.00. The Morgan fingerprint density at radius 2 is 2.06 bits per heavy atom. The maximum Gasteiger partial charge on any atom is 0.159 e. The standard InChI is InChI=1S/C14H19F2N/c1-4-7-17-14(8-10(2)3)11-5-6-12(15)13(16)9-11/h5-6,9,14,17H,2,4,7-8H2,1,3H3. The Labute approximate surface area is 102 Å². The highest BCUT2D eigenvalue weighted by Crippen LogP contribution is 2.22. The Hall–Kier alpha value is -1.22. The molecule has 1 aromatic rings. The maximum atomic E-state index is 13.2. The molecular formula is C14H19F2N. The molecule has 0 aliphatic heterocycles. The van der Waals surface area contributed by atoms with Crippen LogP contribution in [0.4, 0.5) is 8.78 Å². The molecule has 1 nitrogen and oxygen atoms in total. The Morgan fingerprint density at radius 3 is 2.59 bits per heavy atom. The van der Waals surface area contributed by atoms with Crippen LogP contribution in [0.25, 0.3) is 0 Å². The molecule has 1 rings (SSSR count). The van der Waals surface area contributed by atoms with Crippen molar-refractivity contribution in [2.75, 3.05) is 6.54 Å². The van der Waals surface area contributed by atoms with Gasteiger partial charge in [-0.3, -0.25) is 0 Å². The van der Waals surface area contributed by atoms with Crippen molar-refractivity contribution in [2.24, 2.45) is 0 Å². The minimum Gasteiger partial charge on any atom is -0.310 e. The number of halogens is 2. The molecule has 0 bridgehead atoms. The quantitative estimate of drug-likeness (QED) is 0.741. The van der Waals surface area contributed by atoms with Gasteiger partial charge in [0.05, 0.1) is 0 Å². The van der Waals surface area contributed by atoms with E-state index in [1.807, 2.05) is 6.92 Å². The second-order valence-electron chi connectivity index (χ2n) is 4.34. The molecule has 0 fully saturated rings. The van der Waals surface area contributed by atoms with E-state index in [0.717, 1.165) is 30.5 Å². The molecule has 0 aliphatic carbocycles. The van der Waals surface area contributed by atoms with Crippen LogP contribution >= 0.6 is 0 Å². The summed E-state index contributed by atoms with van der Waals surface area (Å²) in [7, 11) is 0. The predicted octanol–water partition coefficient (Wildman–Crippen LogP) is 3.97. The number of hydrogen-bond acceptors (Lipinski definition) is 1. The summed E-state index contributed by atoms with van der Waals surface area (Å²) in [4.78, 5) is 0. The summed E-state index contributed by atoms with van der Waals surface area (Å²) in [6.07, 6.45) is 1.72. The van der Waals surface area contributed by atoms with Crippen molar-refractivity contribution in [1.82, 2.24) is 5.32 Å². The van der Waals surface area contributed by atoms with Crippen molar-refractivity contribution in [2.45, 2.75) is 32.7 Å². The SMILES string of the molecule is C=C(C)CC(NCCC)c1ccc(F)c(F)c1. The van der Waals surface area contributed by atoms with Crippen molar-refractivity contribution in [3.8, 4) is 0 Å². The summed E-state index contributed by atoms with van der Waals surface area (Å²) < 4.78 is 26.0. The minimum atomic E-state index is -0.807. The lowest BCUT2D eigenvalue weighted by molar-refractivity contribution is 0.493. The average Bonchev–Trinajstić information content (AvgIpc) is 2.27. The van der Waals surface area contributed by atoms with E-state index in [-0.39, 0.29) is 6.04 Å². The van der Waals surface area contributed by atoms with Gasteiger partial charge in [0.2, 0.25) is 0 Å². The Kier molecular flexibility index (Phi) is 5.29. The second kappa shape index (κ2) is 6.50. The first-order valence-electron chi connectivity index (χ1n) is 5.87. The number of rotatable bonds is 6. The first-order valence-corrected chi connectivity index (χ1v) is 5.87. The summed E-state index contributed by atoms with van der Waals surface area (Å²) in [5.74, 6) is -1.61. The number of nitrogens with one attached hydrogen (secondary N) is 1. The van der Waals surface area contributed by atoms with Crippen LogP contribution in [-0.2, 0) is 0 Å². The molecule has 1 unspecified atom stereocenters. The van der Waals surface area contributed by atoms with Gasteiger partial charge >= 0.3 is 0 Å². The molecule has 0 aromatic heterocycles. The zero-order valence-corrected chi connectivity index (χ0v) is 10.4. The van der Waals surface area contributed by atoms with Crippen LogP contribution in [0, 0.1) is 11.6 Å². The first-order chi connectivity index (χ1) is 8.04. The van der Waals surface area contributed by atoms with Crippen LogP contribution in [-0.4, -0.2) is 6.54 Å². The summed E-state index contributed by atoms with van der Waals surface area (Å²) in [5.41, 5.74) is 1.78. The number of hydrogen-bond donors (Lipinski definition) is 1. The van der Waals surface area contributed by atoms with Gasteiger partial charge in [0.25, 0.3) is 0 Å². The fraction of sp³-hybridized carbons (Fsp3) is 0.429. The van der Waals surface area contributed by atoms with Crippen LogP contribution in [0.3, 0.4) is 0 Å². The molecule has 1 N–H and O–H groups in total. The fourth-order valence-electron chi connectivity index (χ4n) is 1.70. The van der Waals surface area contributed by atoms with Gasteiger partial charge in [-0.2, -0.15) is 0 Å². The fourth-order valence-corrected chi connectivity index (χ4v) is 1.70. The van der Waals surface area contributed by atoms with Crippen LogP contribution in [0.15, 0.2) is 30.4 Å². The van der Waals surface area contributed by atoms with Crippen molar-refractivity contribution in [1.29, 1.82) is 0 Å². The molecule has 0 aliphatic rings. The van der Waals surface area contributed by atoms with E-state index in [1.54, 1.807) is 6.07 Å². The third-order valence-electron chi connectivity index (χ3n) is 2.54. The van der Waals surface area contributed by atoms with E-state index < -0.39 is 11.6 Å². The zero-order chi connectivity index (χ0) is 12.8. The molecule has 1 atom stereocenters. The molecule has 0 saturated carbocycles.